The monoisotopic (exact) mass is 689 g/mol. The van der Waals surface area contributed by atoms with E-state index in [4.69, 9.17) is 4.51 Å². The Balaban J connectivity index is 0.000000154. The topological polar surface area (TPSA) is 43.0 Å². The highest BCUT2D eigenvalue weighted by molar-refractivity contribution is 7.60. The molecule has 0 aliphatic heterocycles. The summed E-state index contributed by atoms with van der Waals surface area (Å²) in [7, 11) is 0.787. The molecule has 7 heteroatoms. The molecule has 1 N–H and O–H groups in total. The van der Waals surface area contributed by atoms with Gasteiger partial charge < -0.3 is 5.11 Å². The second-order valence-corrected chi connectivity index (χ2v) is 15.8. The smallest absolute Gasteiger partial charge is 0.146 e. The van der Waals surface area contributed by atoms with Crippen LogP contribution in [0.2, 0.25) is 0 Å². The van der Waals surface area contributed by atoms with Crippen LogP contribution in [0, 0.1) is 0 Å². The highest BCUT2D eigenvalue weighted by atomic mass is 31.2. The van der Waals surface area contributed by atoms with Gasteiger partial charge in [-0.1, -0.05) is 152 Å². The molecule has 0 bridgehead atoms. The van der Waals surface area contributed by atoms with Gasteiger partial charge in [-0.05, 0) is 64.7 Å². The molecule has 2 unspecified atom stereocenters. The first-order valence-corrected chi connectivity index (χ1v) is 19.0. The molecule has 1 aromatic heterocycles. The molecular formula is C42H34N3OP3. The summed E-state index contributed by atoms with van der Waals surface area (Å²) in [5.41, 5.74) is 8.72. The first-order valence-electron chi connectivity index (χ1n) is 16.0. The number of phenols is 1. The summed E-state index contributed by atoms with van der Waals surface area (Å²) in [6.07, 6.45) is 0. The number of hydrogen-bond donors (Lipinski definition) is 1. The van der Waals surface area contributed by atoms with Gasteiger partial charge >= 0.3 is 0 Å². The van der Waals surface area contributed by atoms with Crippen LogP contribution in [0.3, 0.4) is 0 Å². The first-order chi connectivity index (χ1) is 24.3. The Labute approximate surface area is 291 Å². The summed E-state index contributed by atoms with van der Waals surface area (Å²) in [5.74, 6) is 0.296. The van der Waals surface area contributed by atoms with Crippen molar-refractivity contribution in [1.82, 2.24) is 12.7 Å². The Kier molecular flexibility index (Phi) is 10.3. The molecule has 0 aliphatic rings. The third kappa shape index (κ3) is 7.39. The van der Waals surface area contributed by atoms with Gasteiger partial charge in [0.1, 0.15) is 14.3 Å². The van der Waals surface area contributed by atoms with Crippen LogP contribution in [-0.2, 0) is 0 Å². The molecule has 7 aromatic carbocycles. The third-order valence-corrected chi connectivity index (χ3v) is 13.1. The Hall–Kier alpha value is -5.36. The standard InChI is InChI=1S/C24H18O.C18H16N3P3/c25-22-17-16-21(18-10-4-1-5-11-18)23(19-12-6-2-7-13-19)24(22)20-14-8-3-9-15-20;1-4-10-16(11-5-1)20-22-19-23-21(17-12-6-2-7-13-17)24(20)18-14-8-3-9-15-18/h1-17,25H;1-15,22H. The van der Waals surface area contributed by atoms with Crippen LogP contribution in [0.1, 0.15) is 0 Å². The summed E-state index contributed by atoms with van der Waals surface area (Å²) >= 11 is 0. The highest BCUT2D eigenvalue weighted by Crippen LogP contribution is 2.46. The number of benzene rings is 7. The van der Waals surface area contributed by atoms with Crippen molar-refractivity contribution in [3.63, 3.8) is 0 Å². The second kappa shape index (κ2) is 15.7. The van der Waals surface area contributed by atoms with E-state index >= 15 is 0 Å². The fourth-order valence-corrected chi connectivity index (χ4v) is 11.6. The Morgan fingerprint density at radius 2 is 0.918 bits per heavy atom. The second-order valence-electron chi connectivity index (χ2n) is 11.2. The van der Waals surface area contributed by atoms with Gasteiger partial charge in [-0.25, -0.2) is 4.09 Å². The Morgan fingerprint density at radius 3 is 1.47 bits per heavy atom. The van der Waals surface area contributed by atoms with Gasteiger partial charge in [-0.3, -0.25) is 4.09 Å². The number of rotatable bonds is 6. The van der Waals surface area contributed by atoms with Crippen LogP contribution in [0.5, 0.6) is 5.75 Å². The van der Waals surface area contributed by atoms with Crippen LogP contribution in [0.15, 0.2) is 194 Å². The van der Waals surface area contributed by atoms with Gasteiger partial charge in [0.2, 0.25) is 0 Å². The predicted octanol–water partition coefficient (Wildman–Crippen LogP) is 12.8. The molecule has 8 rings (SSSR count). The molecule has 8 aromatic rings. The van der Waals surface area contributed by atoms with Crippen LogP contribution >= 0.6 is 24.9 Å². The van der Waals surface area contributed by atoms with Crippen molar-refractivity contribution in [3.8, 4) is 55.8 Å². The summed E-state index contributed by atoms with van der Waals surface area (Å²) in [5, 5.41) is 12.0. The van der Waals surface area contributed by atoms with E-state index in [0.717, 1.165) is 41.9 Å². The number of aromatic hydroxyl groups is 1. The molecule has 0 spiro atoms. The fraction of sp³-hybridized carbons (Fsp3) is 0. The van der Waals surface area contributed by atoms with Gasteiger partial charge in [0, 0.05) is 24.9 Å². The van der Waals surface area contributed by atoms with Gasteiger partial charge in [0.15, 0.2) is 0 Å². The minimum absolute atomic E-state index is 0.296. The lowest BCUT2D eigenvalue weighted by Crippen LogP contribution is -1.97. The number of para-hydroxylation sites is 2. The highest BCUT2D eigenvalue weighted by Gasteiger charge is 2.17. The van der Waals surface area contributed by atoms with Crippen molar-refractivity contribution in [2.24, 2.45) is 0 Å². The largest absolute Gasteiger partial charge is 0.507 e. The molecule has 0 fully saturated rings. The van der Waals surface area contributed by atoms with E-state index in [1.165, 1.54) is 16.7 Å². The normalized spacial score (nSPS) is 11.2. The molecule has 0 radical (unpaired) electrons. The van der Waals surface area contributed by atoms with Crippen molar-refractivity contribution in [3.05, 3.63) is 194 Å². The summed E-state index contributed by atoms with van der Waals surface area (Å²) in [6, 6.07) is 66.3. The molecular weight excluding hydrogens is 655 g/mol. The van der Waals surface area contributed by atoms with E-state index in [1.807, 2.05) is 72.8 Å². The van der Waals surface area contributed by atoms with E-state index in [2.05, 4.69) is 123 Å². The van der Waals surface area contributed by atoms with E-state index < -0.39 is 7.85 Å². The van der Waals surface area contributed by atoms with Crippen molar-refractivity contribution < 1.29 is 5.11 Å². The maximum absolute atomic E-state index is 10.7. The maximum Gasteiger partial charge on any atom is 0.146 e. The molecule has 0 aliphatic carbocycles. The zero-order valence-corrected chi connectivity index (χ0v) is 29.4. The summed E-state index contributed by atoms with van der Waals surface area (Å²) in [6.45, 7) is 0. The molecule has 0 saturated carbocycles. The zero-order chi connectivity index (χ0) is 33.3. The summed E-state index contributed by atoms with van der Waals surface area (Å²) in [4.78, 5) is 0. The van der Waals surface area contributed by atoms with Crippen LogP contribution in [-0.4, -0.2) is 17.8 Å². The predicted molar refractivity (Wildman–Crippen MR) is 211 cm³/mol. The SMILES string of the molecule is Oc1ccc(-c2ccccc2)c(-c2ccccc2)c1-c1ccccc1.c1ccc(-n2pn[pH]n(-c3ccccc3)p2-c2ccccc2)cc1. The van der Waals surface area contributed by atoms with Crippen molar-refractivity contribution in [2.75, 3.05) is 0 Å². The quantitative estimate of drug-likeness (QED) is 0.189. The van der Waals surface area contributed by atoms with Crippen LogP contribution in [0.4, 0.5) is 0 Å². The third-order valence-electron chi connectivity index (χ3n) is 8.01. The lowest BCUT2D eigenvalue weighted by Gasteiger charge is -2.19. The molecule has 238 valence electrons. The van der Waals surface area contributed by atoms with Gasteiger partial charge in [0.05, 0.1) is 19.2 Å². The molecule has 1 heterocycles. The van der Waals surface area contributed by atoms with E-state index in [1.54, 1.807) is 6.07 Å². The molecule has 49 heavy (non-hydrogen) atoms. The lowest BCUT2D eigenvalue weighted by molar-refractivity contribution is 0.477. The molecule has 4 nitrogen and oxygen atoms in total. The van der Waals surface area contributed by atoms with Crippen molar-refractivity contribution in [2.45, 2.75) is 0 Å². The van der Waals surface area contributed by atoms with E-state index in [0.29, 0.717) is 14.3 Å². The maximum atomic E-state index is 10.7. The fourth-order valence-electron chi connectivity index (χ4n) is 5.77. The van der Waals surface area contributed by atoms with Crippen LogP contribution in [0.25, 0.3) is 50.1 Å². The number of hydrogen-bond acceptors (Lipinski definition) is 2. The Morgan fingerprint density at radius 1 is 0.469 bits per heavy atom. The van der Waals surface area contributed by atoms with Crippen LogP contribution < -0.4 is 0 Å². The summed E-state index contributed by atoms with van der Waals surface area (Å²) < 4.78 is 9.57. The zero-order valence-electron chi connectivity index (χ0n) is 26.7. The van der Waals surface area contributed by atoms with E-state index in [9.17, 15) is 5.11 Å². The Bertz CT molecular complexity index is 2200. The number of phenolic OH excluding ortho intramolecular Hbond substituents is 1. The average molecular weight is 690 g/mol. The lowest BCUT2D eigenvalue weighted by atomic mass is 9.87. The first kappa shape index (κ1) is 32.2. The minimum Gasteiger partial charge on any atom is -0.507 e. The van der Waals surface area contributed by atoms with Crippen molar-refractivity contribution in [1.29, 1.82) is 0 Å². The molecule has 2 atom stereocenters. The minimum atomic E-state index is -0.673. The molecule has 0 saturated heterocycles. The number of nitrogens with zero attached hydrogens (tertiary/aromatic N) is 3. The average Bonchev–Trinajstić information content (AvgIpc) is 3.20. The van der Waals surface area contributed by atoms with Crippen molar-refractivity contribution >= 4 is 24.9 Å². The van der Waals surface area contributed by atoms with E-state index in [-0.39, 0.29) is 0 Å². The molecule has 0 amide bonds. The van der Waals surface area contributed by atoms with Gasteiger partial charge in [-0.2, -0.15) is 4.51 Å². The van der Waals surface area contributed by atoms with Gasteiger partial charge in [0.25, 0.3) is 0 Å². The number of aromatic nitrogens is 3. The van der Waals surface area contributed by atoms with Gasteiger partial charge in [-0.15, -0.1) is 0 Å².